The van der Waals surface area contributed by atoms with Gasteiger partial charge in [-0.3, -0.25) is 9.78 Å². The highest BCUT2D eigenvalue weighted by atomic mass is 19.1. The molecule has 3 heteroatoms. The van der Waals surface area contributed by atoms with Crippen molar-refractivity contribution in [2.45, 2.75) is 38.0 Å². The summed E-state index contributed by atoms with van der Waals surface area (Å²) in [6, 6.07) is 1.63. The van der Waals surface area contributed by atoms with Crippen molar-refractivity contribution in [3.05, 3.63) is 29.8 Å². The van der Waals surface area contributed by atoms with E-state index < -0.39 is 0 Å². The summed E-state index contributed by atoms with van der Waals surface area (Å²) in [5.41, 5.74) is 0.525. The van der Waals surface area contributed by atoms with Crippen LogP contribution in [0.15, 0.2) is 18.5 Å². The summed E-state index contributed by atoms with van der Waals surface area (Å²) in [4.78, 5) is 15.5. The number of nitrogens with zero attached hydrogens (tertiary/aromatic N) is 1. The van der Waals surface area contributed by atoms with Crippen molar-refractivity contribution in [2.75, 3.05) is 0 Å². The zero-order chi connectivity index (χ0) is 10.7. The number of halogens is 1. The molecule has 0 amide bonds. The van der Waals surface area contributed by atoms with Crippen molar-refractivity contribution in [3.63, 3.8) is 0 Å². The first-order valence-electron chi connectivity index (χ1n) is 5.41. The van der Waals surface area contributed by atoms with Crippen molar-refractivity contribution < 1.29 is 9.18 Å². The molecule has 2 nitrogen and oxygen atoms in total. The van der Waals surface area contributed by atoms with Crippen molar-refractivity contribution in [1.82, 2.24) is 4.98 Å². The molecule has 80 valence electrons. The summed E-state index contributed by atoms with van der Waals surface area (Å²) in [6.07, 6.45) is 7.14. The van der Waals surface area contributed by atoms with Crippen molar-refractivity contribution in [1.29, 1.82) is 0 Å². The number of carbonyl (C=O) groups is 1. The average Bonchev–Trinajstić information content (AvgIpc) is 2.44. The van der Waals surface area contributed by atoms with E-state index in [1.54, 1.807) is 12.3 Å². The van der Waals surface area contributed by atoms with Gasteiger partial charge in [-0.2, -0.15) is 0 Å². The van der Waals surface area contributed by atoms with Gasteiger partial charge in [0.05, 0.1) is 6.20 Å². The minimum absolute atomic E-state index is 0.178. The lowest BCUT2D eigenvalue weighted by atomic mass is 9.91. The van der Waals surface area contributed by atoms with Gasteiger partial charge in [0.1, 0.15) is 11.6 Å². The fourth-order valence-electron chi connectivity index (χ4n) is 2.16. The van der Waals surface area contributed by atoms with Crippen LogP contribution in [-0.4, -0.2) is 10.8 Å². The Kier molecular flexibility index (Phi) is 3.09. The van der Waals surface area contributed by atoms with E-state index >= 15 is 0 Å². The number of Topliss-reactive ketones (excluding diaryl/α,β-unsaturated/α-hetero) is 1. The molecule has 1 atom stereocenters. The maximum absolute atomic E-state index is 13.5. The molecule has 0 aliphatic heterocycles. The summed E-state index contributed by atoms with van der Waals surface area (Å²) < 4.78 is 13.5. The zero-order valence-corrected chi connectivity index (χ0v) is 8.58. The highest BCUT2D eigenvalue weighted by Crippen LogP contribution is 2.29. The predicted octanol–water partition coefficient (Wildman–Crippen LogP) is 2.84. The van der Waals surface area contributed by atoms with Crippen LogP contribution in [0.4, 0.5) is 4.39 Å². The zero-order valence-electron chi connectivity index (χ0n) is 8.58. The Labute approximate surface area is 88.5 Å². The number of hydrogen-bond donors (Lipinski definition) is 0. The fourth-order valence-corrected chi connectivity index (χ4v) is 2.16. The van der Waals surface area contributed by atoms with E-state index in [1.165, 1.54) is 6.20 Å². The average molecular weight is 207 g/mol. The van der Waals surface area contributed by atoms with E-state index in [1.807, 2.05) is 0 Å². The summed E-state index contributed by atoms with van der Waals surface area (Å²) in [6.45, 7) is 0. The van der Waals surface area contributed by atoms with Crippen LogP contribution in [0.2, 0.25) is 0 Å². The molecule has 0 radical (unpaired) electrons. The highest BCUT2D eigenvalue weighted by molar-refractivity contribution is 5.85. The van der Waals surface area contributed by atoms with Gasteiger partial charge in [0.15, 0.2) is 0 Å². The second-order valence-electron chi connectivity index (χ2n) is 4.02. The van der Waals surface area contributed by atoms with Crippen LogP contribution >= 0.6 is 0 Å². The highest BCUT2D eigenvalue weighted by Gasteiger charge is 2.24. The molecular formula is C12H14FNO. The number of aromatic nitrogens is 1. The van der Waals surface area contributed by atoms with E-state index in [-0.39, 0.29) is 17.5 Å². The summed E-state index contributed by atoms with van der Waals surface area (Å²) in [5, 5.41) is 0. The van der Waals surface area contributed by atoms with Gasteiger partial charge in [-0.25, -0.2) is 4.39 Å². The lowest BCUT2D eigenvalue weighted by molar-refractivity contribution is -0.120. The normalized spacial score (nSPS) is 22.5. The van der Waals surface area contributed by atoms with E-state index in [9.17, 15) is 9.18 Å². The van der Waals surface area contributed by atoms with Crippen LogP contribution in [-0.2, 0) is 4.79 Å². The Morgan fingerprint density at radius 2 is 2.20 bits per heavy atom. The summed E-state index contributed by atoms with van der Waals surface area (Å²) in [7, 11) is 0. The molecule has 1 saturated carbocycles. The van der Waals surface area contributed by atoms with E-state index in [0.29, 0.717) is 12.0 Å². The molecule has 1 aromatic rings. The molecule has 1 heterocycles. The molecule has 1 fully saturated rings. The van der Waals surface area contributed by atoms with Crippen LogP contribution in [0.3, 0.4) is 0 Å². The van der Waals surface area contributed by atoms with Gasteiger partial charge in [0, 0.05) is 24.1 Å². The standard InChI is InChI=1S/C12H14FNO/c13-11-8-14-7-6-9(11)10-4-2-1-3-5-12(10)15/h6-8,10H,1-5H2. The van der Waals surface area contributed by atoms with Crippen LogP contribution in [0.25, 0.3) is 0 Å². The third kappa shape index (κ3) is 2.22. The van der Waals surface area contributed by atoms with Crippen molar-refractivity contribution >= 4 is 5.78 Å². The lowest BCUT2D eigenvalue weighted by Crippen LogP contribution is -2.12. The first-order chi connectivity index (χ1) is 7.29. The van der Waals surface area contributed by atoms with Gasteiger partial charge in [-0.15, -0.1) is 0 Å². The fraction of sp³-hybridized carbons (Fsp3) is 0.500. The molecule has 1 aromatic heterocycles. The molecule has 0 spiro atoms. The smallest absolute Gasteiger partial charge is 0.145 e. The Morgan fingerprint density at radius 3 is 3.00 bits per heavy atom. The SMILES string of the molecule is O=C1CCCCCC1c1ccncc1F. The lowest BCUT2D eigenvalue weighted by Gasteiger charge is -2.13. The van der Waals surface area contributed by atoms with Gasteiger partial charge < -0.3 is 0 Å². The molecule has 0 saturated heterocycles. The molecule has 1 unspecified atom stereocenters. The Morgan fingerprint density at radius 1 is 1.33 bits per heavy atom. The molecule has 15 heavy (non-hydrogen) atoms. The van der Waals surface area contributed by atoms with Gasteiger partial charge in [0.25, 0.3) is 0 Å². The summed E-state index contributed by atoms with van der Waals surface area (Å²) >= 11 is 0. The number of ketones is 1. The second kappa shape index (κ2) is 4.51. The third-order valence-corrected chi connectivity index (χ3v) is 2.98. The topological polar surface area (TPSA) is 30.0 Å². The number of hydrogen-bond acceptors (Lipinski definition) is 2. The van der Waals surface area contributed by atoms with E-state index in [0.717, 1.165) is 25.7 Å². The Bertz CT molecular complexity index is 364. The van der Waals surface area contributed by atoms with Gasteiger partial charge >= 0.3 is 0 Å². The first kappa shape index (κ1) is 10.3. The Hall–Kier alpha value is -1.25. The van der Waals surface area contributed by atoms with Crippen LogP contribution < -0.4 is 0 Å². The quantitative estimate of drug-likeness (QED) is 0.663. The van der Waals surface area contributed by atoms with Gasteiger partial charge in [-0.1, -0.05) is 12.8 Å². The largest absolute Gasteiger partial charge is 0.299 e. The number of pyridine rings is 1. The van der Waals surface area contributed by atoms with E-state index in [2.05, 4.69) is 4.98 Å². The summed E-state index contributed by atoms with van der Waals surface area (Å²) in [5.74, 6) is -0.411. The Balaban J connectivity index is 2.28. The number of carbonyl (C=O) groups excluding carboxylic acids is 1. The molecule has 0 N–H and O–H groups in total. The minimum atomic E-state index is -0.349. The molecule has 1 aliphatic carbocycles. The monoisotopic (exact) mass is 207 g/mol. The second-order valence-corrected chi connectivity index (χ2v) is 4.02. The number of rotatable bonds is 1. The third-order valence-electron chi connectivity index (χ3n) is 2.98. The molecule has 2 rings (SSSR count). The molecule has 0 aromatic carbocycles. The minimum Gasteiger partial charge on any atom is -0.299 e. The predicted molar refractivity (Wildman–Crippen MR) is 55.0 cm³/mol. The van der Waals surface area contributed by atoms with Crippen LogP contribution in [0.5, 0.6) is 0 Å². The molecular weight excluding hydrogens is 193 g/mol. The van der Waals surface area contributed by atoms with Crippen molar-refractivity contribution in [3.8, 4) is 0 Å². The van der Waals surface area contributed by atoms with Crippen LogP contribution in [0, 0.1) is 5.82 Å². The maximum atomic E-state index is 13.5. The van der Waals surface area contributed by atoms with Crippen LogP contribution in [0.1, 0.15) is 43.6 Å². The molecule has 1 aliphatic rings. The maximum Gasteiger partial charge on any atom is 0.145 e. The molecule has 0 bridgehead atoms. The first-order valence-corrected chi connectivity index (χ1v) is 5.41. The van der Waals surface area contributed by atoms with Gasteiger partial charge in [-0.05, 0) is 18.9 Å². The van der Waals surface area contributed by atoms with Gasteiger partial charge in [0.2, 0.25) is 0 Å². The van der Waals surface area contributed by atoms with E-state index in [4.69, 9.17) is 0 Å². The van der Waals surface area contributed by atoms with Crippen molar-refractivity contribution in [2.24, 2.45) is 0 Å².